The van der Waals surface area contributed by atoms with E-state index >= 15 is 0 Å². The zero-order valence-corrected chi connectivity index (χ0v) is 8.60. The molecule has 0 spiro atoms. The first kappa shape index (κ1) is 11.9. The highest BCUT2D eigenvalue weighted by Crippen LogP contribution is 2.05. The van der Waals surface area contributed by atoms with Crippen molar-refractivity contribution in [2.45, 2.75) is 38.7 Å². The molecular weight excluding hydrogens is 176 g/mol. The molecule has 0 aromatic carbocycles. The Morgan fingerprint density at radius 2 is 1.92 bits per heavy atom. The Bertz CT molecular complexity index is 196. The van der Waals surface area contributed by atoms with Crippen LogP contribution >= 0.6 is 0 Å². The van der Waals surface area contributed by atoms with E-state index in [4.69, 9.17) is 0 Å². The number of sulfone groups is 1. The summed E-state index contributed by atoms with van der Waals surface area (Å²) >= 11 is 0. The van der Waals surface area contributed by atoms with Gasteiger partial charge in [0.05, 0.1) is 11.9 Å². The van der Waals surface area contributed by atoms with Gasteiger partial charge in [-0.1, -0.05) is 19.8 Å². The van der Waals surface area contributed by atoms with Crippen molar-refractivity contribution < 1.29 is 13.5 Å². The van der Waals surface area contributed by atoms with Crippen molar-refractivity contribution in [1.29, 1.82) is 0 Å². The van der Waals surface area contributed by atoms with Gasteiger partial charge in [0.25, 0.3) is 0 Å². The van der Waals surface area contributed by atoms with Gasteiger partial charge in [-0.2, -0.15) is 0 Å². The van der Waals surface area contributed by atoms with Crippen molar-refractivity contribution in [3.63, 3.8) is 0 Å². The van der Waals surface area contributed by atoms with Crippen LogP contribution in [0.2, 0.25) is 0 Å². The van der Waals surface area contributed by atoms with Crippen LogP contribution in [0.15, 0.2) is 0 Å². The van der Waals surface area contributed by atoms with E-state index in [9.17, 15) is 13.5 Å². The summed E-state index contributed by atoms with van der Waals surface area (Å²) in [5.41, 5.74) is 0. The first-order valence-electron chi connectivity index (χ1n) is 4.31. The minimum Gasteiger partial charge on any atom is -0.393 e. The maximum atomic E-state index is 10.7. The van der Waals surface area contributed by atoms with Gasteiger partial charge in [0, 0.05) is 6.26 Å². The average molecular weight is 194 g/mol. The van der Waals surface area contributed by atoms with Gasteiger partial charge in [-0.05, 0) is 12.8 Å². The Balaban J connectivity index is 3.51. The maximum Gasteiger partial charge on any atom is 0.147 e. The zero-order chi connectivity index (χ0) is 9.61. The molecule has 1 atom stereocenters. The predicted molar refractivity (Wildman–Crippen MR) is 49.9 cm³/mol. The molecule has 0 heterocycles. The van der Waals surface area contributed by atoms with E-state index in [0.29, 0.717) is 12.8 Å². The van der Waals surface area contributed by atoms with Crippen molar-refractivity contribution >= 4 is 9.84 Å². The van der Waals surface area contributed by atoms with Crippen LogP contribution < -0.4 is 0 Å². The van der Waals surface area contributed by atoms with E-state index in [1.54, 1.807) is 0 Å². The number of rotatable bonds is 6. The van der Waals surface area contributed by atoms with Crippen LogP contribution in [-0.2, 0) is 9.84 Å². The lowest BCUT2D eigenvalue weighted by atomic mass is 10.1. The molecule has 0 rings (SSSR count). The summed E-state index contributed by atoms with van der Waals surface area (Å²) in [4.78, 5) is 0. The minimum absolute atomic E-state index is 0.0951. The molecule has 0 aliphatic heterocycles. The number of hydrogen-bond donors (Lipinski definition) is 1. The molecule has 12 heavy (non-hydrogen) atoms. The molecule has 0 fully saturated rings. The predicted octanol–water partition coefficient (Wildman–Crippen LogP) is 0.972. The largest absolute Gasteiger partial charge is 0.393 e. The van der Waals surface area contributed by atoms with E-state index in [-0.39, 0.29) is 5.75 Å². The lowest BCUT2D eigenvalue weighted by molar-refractivity contribution is 0.158. The zero-order valence-electron chi connectivity index (χ0n) is 7.78. The summed E-state index contributed by atoms with van der Waals surface area (Å²) in [7, 11) is -2.90. The lowest BCUT2D eigenvalue weighted by Crippen LogP contribution is -2.13. The summed E-state index contributed by atoms with van der Waals surface area (Å²) in [6, 6.07) is 0. The topological polar surface area (TPSA) is 54.4 Å². The number of aliphatic hydroxyl groups is 1. The van der Waals surface area contributed by atoms with Crippen LogP contribution in [0.3, 0.4) is 0 Å². The standard InChI is InChI=1S/C8H18O3S/c1-3-4-5-8(9)6-7-12(2,10)11/h8-9H,3-7H2,1-2H3. The van der Waals surface area contributed by atoms with E-state index in [0.717, 1.165) is 12.8 Å². The molecule has 0 aliphatic rings. The van der Waals surface area contributed by atoms with Gasteiger partial charge < -0.3 is 5.11 Å². The van der Waals surface area contributed by atoms with Crippen LogP contribution in [0.4, 0.5) is 0 Å². The fourth-order valence-corrected chi connectivity index (χ4v) is 1.63. The molecule has 0 aromatic heterocycles. The maximum absolute atomic E-state index is 10.7. The number of unbranched alkanes of at least 4 members (excludes halogenated alkanes) is 1. The third-order valence-corrected chi connectivity index (χ3v) is 2.69. The van der Waals surface area contributed by atoms with Crippen molar-refractivity contribution in [2.75, 3.05) is 12.0 Å². The van der Waals surface area contributed by atoms with Gasteiger partial charge in [0.2, 0.25) is 0 Å². The molecule has 1 N–H and O–H groups in total. The van der Waals surface area contributed by atoms with Crippen LogP contribution in [-0.4, -0.2) is 31.6 Å². The Morgan fingerprint density at radius 3 is 2.33 bits per heavy atom. The first-order valence-corrected chi connectivity index (χ1v) is 6.37. The highest BCUT2D eigenvalue weighted by molar-refractivity contribution is 7.90. The Morgan fingerprint density at radius 1 is 1.33 bits per heavy atom. The molecule has 0 saturated heterocycles. The summed E-state index contributed by atoms with van der Waals surface area (Å²) < 4.78 is 21.4. The van der Waals surface area contributed by atoms with Crippen molar-refractivity contribution in [1.82, 2.24) is 0 Å². The van der Waals surface area contributed by atoms with Crippen LogP contribution in [0.25, 0.3) is 0 Å². The third-order valence-electron chi connectivity index (χ3n) is 1.71. The SMILES string of the molecule is CCCCC(O)CCS(C)(=O)=O. The molecule has 1 unspecified atom stereocenters. The Hall–Kier alpha value is -0.0900. The molecule has 74 valence electrons. The molecule has 0 aromatic rings. The average Bonchev–Trinajstić information content (AvgIpc) is 1.95. The highest BCUT2D eigenvalue weighted by Gasteiger charge is 2.08. The molecule has 4 heteroatoms. The smallest absolute Gasteiger partial charge is 0.147 e. The van der Waals surface area contributed by atoms with Crippen LogP contribution in [0, 0.1) is 0 Å². The highest BCUT2D eigenvalue weighted by atomic mass is 32.2. The van der Waals surface area contributed by atoms with Crippen molar-refractivity contribution in [2.24, 2.45) is 0 Å². The van der Waals surface area contributed by atoms with Gasteiger partial charge >= 0.3 is 0 Å². The normalized spacial score (nSPS) is 14.6. The Kier molecular flexibility index (Phi) is 5.50. The van der Waals surface area contributed by atoms with Gasteiger partial charge in [-0.15, -0.1) is 0 Å². The van der Waals surface area contributed by atoms with Gasteiger partial charge in [0.15, 0.2) is 0 Å². The fourth-order valence-electron chi connectivity index (χ4n) is 0.934. The van der Waals surface area contributed by atoms with Crippen molar-refractivity contribution in [3.05, 3.63) is 0 Å². The third kappa shape index (κ3) is 8.01. The molecule has 0 amide bonds. The van der Waals surface area contributed by atoms with E-state index in [2.05, 4.69) is 0 Å². The fraction of sp³-hybridized carbons (Fsp3) is 1.00. The van der Waals surface area contributed by atoms with E-state index in [1.165, 1.54) is 6.26 Å². The number of hydrogen-bond acceptors (Lipinski definition) is 3. The van der Waals surface area contributed by atoms with Crippen molar-refractivity contribution in [3.8, 4) is 0 Å². The van der Waals surface area contributed by atoms with Crippen LogP contribution in [0.1, 0.15) is 32.6 Å². The molecule has 0 saturated carbocycles. The van der Waals surface area contributed by atoms with Gasteiger partial charge in [-0.3, -0.25) is 0 Å². The first-order chi connectivity index (χ1) is 5.45. The minimum atomic E-state index is -2.90. The summed E-state index contributed by atoms with van der Waals surface area (Å²) in [5.74, 6) is 0.0951. The van der Waals surface area contributed by atoms with E-state index < -0.39 is 15.9 Å². The second-order valence-electron chi connectivity index (χ2n) is 3.21. The number of aliphatic hydroxyl groups excluding tert-OH is 1. The van der Waals surface area contributed by atoms with E-state index in [1.807, 2.05) is 6.92 Å². The van der Waals surface area contributed by atoms with Crippen LogP contribution in [0.5, 0.6) is 0 Å². The molecule has 3 nitrogen and oxygen atoms in total. The van der Waals surface area contributed by atoms with Gasteiger partial charge in [0.1, 0.15) is 9.84 Å². The monoisotopic (exact) mass is 194 g/mol. The Labute approximate surface area is 74.7 Å². The molecular formula is C8H18O3S. The molecule has 0 radical (unpaired) electrons. The lowest BCUT2D eigenvalue weighted by Gasteiger charge is -2.07. The van der Waals surface area contributed by atoms with Gasteiger partial charge in [-0.25, -0.2) is 8.42 Å². The molecule has 0 aliphatic carbocycles. The summed E-state index contributed by atoms with van der Waals surface area (Å²) in [6.07, 6.45) is 3.84. The summed E-state index contributed by atoms with van der Waals surface area (Å²) in [5, 5.41) is 9.28. The second kappa shape index (κ2) is 5.54. The second-order valence-corrected chi connectivity index (χ2v) is 5.47. The summed E-state index contributed by atoms with van der Waals surface area (Å²) in [6.45, 7) is 2.04. The quantitative estimate of drug-likeness (QED) is 0.685. The molecule has 0 bridgehead atoms.